The number of hydrogen-bond acceptors (Lipinski definition) is 6. The van der Waals surface area contributed by atoms with Crippen molar-refractivity contribution in [3.8, 4) is 11.5 Å². The molecule has 122 valence electrons. The van der Waals surface area contributed by atoms with Gasteiger partial charge in [-0.25, -0.2) is 4.99 Å². The van der Waals surface area contributed by atoms with E-state index in [9.17, 15) is 4.79 Å². The van der Waals surface area contributed by atoms with Crippen molar-refractivity contribution in [3.63, 3.8) is 0 Å². The molecule has 24 heavy (non-hydrogen) atoms. The summed E-state index contributed by atoms with van der Waals surface area (Å²) >= 11 is 1.10. The number of carbonyl (C=O) groups excluding carboxylic acids is 1. The van der Waals surface area contributed by atoms with Crippen molar-refractivity contribution in [2.24, 2.45) is 4.99 Å². The van der Waals surface area contributed by atoms with Crippen LogP contribution >= 0.6 is 11.8 Å². The fourth-order valence-corrected chi connectivity index (χ4v) is 2.85. The smallest absolute Gasteiger partial charge is 0.289 e. The van der Waals surface area contributed by atoms with Gasteiger partial charge in [0.2, 0.25) is 0 Å². The minimum absolute atomic E-state index is 0.168. The van der Waals surface area contributed by atoms with Gasteiger partial charge in [-0.15, -0.1) is 0 Å². The number of hydrogen-bond donors (Lipinski definition) is 1. The molecule has 1 N–H and O–H groups in total. The quantitative estimate of drug-likeness (QED) is 0.919. The number of pyridine rings is 1. The van der Waals surface area contributed by atoms with Crippen LogP contribution in [0.25, 0.3) is 6.08 Å². The summed E-state index contributed by atoms with van der Waals surface area (Å²) in [6.45, 7) is 0. The maximum absolute atomic E-state index is 11.8. The van der Waals surface area contributed by atoms with E-state index >= 15 is 0 Å². The predicted molar refractivity (Wildman–Crippen MR) is 95.0 cm³/mol. The van der Waals surface area contributed by atoms with Crippen LogP contribution in [0.4, 0.5) is 10.5 Å². The molecule has 0 radical (unpaired) electrons. The molecule has 7 heteroatoms. The third-order valence-electron chi connectivity index (χ3n) is 3.22. The van der Waals surface area contributed by atoms with Gasteiger partial charge in [0.05, 0.1) is 24.8 Å². The first-order chi connectivity index (χ1) is 11.7. The maximum atomic E-state index is 11.8. The largest absolute Gasteiger partial charge is 0.497 e. The fraction of sp³-hybridized carbons (Fsp3) is 0.118. The Bertz CT molecular complexity index is 797. The number of benzene rings is 1. The first kappa shape index (κ1) is 16.1. The molecule has 0 spiro atoms. The lowest BCUT2D eigenvalue weighted by atomic mass is 10.2. The van der Waals surface area contributed by atoms with Gasteiger partial charge in [-0.2, -0.15) is 0 Å². The topological polar surface area (TPSA) is 72.8 Å². The molecule has 1 aliphatic rings. The molecule has 0 atom stereocenters. The van der Waals surface area contributed by atoms with Gasteiger partial charge in [0, 0.05) is 30.6 Å². The van der Waals surface area contributed by atoms with Crippen LogP contribution in [-0.2, 0) is 0 Å². The highest BCUT2D eigenvalue weighted by Crippen LogP contribution is 2.31. The van der Waals surface area contributed by atoms with E-state index in [0.717, 1.165) is 22.2 Å². The van der Waals surface area contributed by atoms with E-state index in [1.165, 1.54) is 0 Å². The zero-order chi connectivity index (χ0) is 16.9. The molecular weight excluding hydrogens is 326 g/mol. The SMILES string of the molecule is COc1cc(N=C2NC(=O)S/C2=C\c2cccnc2)cc(OC)c1. The van der Waals surface area contributed by atoms with Crippen LogP contribution in [0.15, 0.2) is 52.6 Å². The molecule has 1 aromatic carbocycles. The molecule has 1 aromatic heterocycles. The van der Waals surface area contributed by atoms with Crippen LogP contribution in [-0.4, -0.2) is 30.3 Å². The van der Waals surface area contributed by atoms with Gasteiger partial charge in [0.1, 0.15) is 17.3 Å². The minimum Gasteiger partial charge on any atom is -0.497 e. The van der Waals surface area contributed by atoms with Gasteiger partial charge < -0.3 is 14.8 Å². The van der Waals surface area contributed by atoms with Crippen molar-refractivity contribution >= 4 is 34.6 Å². The Labute approximate surface area is 143 Å². The molecule has 0 aliphatic carbocycles. The molecule has 0 bridgehead atoms. The molecular formula is C17H15N3O3S. The number of thioether (sulfide) groups is 1. The molecule has 6 nitrogen and oxygen atoms in total. The van der Waals surface area contributed by atoms with Crippen LogP contribution in [0.2, 0.25) is 0 Å². The molecule has 1 saturated heterocycles. The first-order valence-corrected chi connectivity index (χ1v) is 7.92. The third-order valence-corrected chi connectivity index (χ3v) is 4.03. The molecule has 2 heterocycles. The second-order valence-corrected chi connectivity index (χ2v) is 5.86. The van der Waals surface area contributed by atoms with Gasteiger partial charge >= 0.3 is 0 Å². The van der Waals surface area contributed by atoms with Crippen LogP contribution in [0.3, 0.4) is 0 Å². The number of aliphatic imine (C=N–C) groups is 1. The number of carbonyl (C=O) groups is 1. The van der Waals surface area contributed by atoms with Gasteiger partial charge in [-0.3, -0.25) is 9.78 Å². The molecule has 1 amide bonds. The average Bonchev–Trinajstić information content (AvgIpc) is 2.94. The second kappa shape index (κ2) is 7.18. The third kappa shape index (κ3) is 3.75. The highest BCUT2D eigenvalue weighted by Gasteiger charge is 2.23. The van der Waals surface area contributed by atoms with E-state index in [4.69, 9.17) is 9.47 Å². The van der Waals surface area contributed by atoms with Crippen molar-refractivity contribution in [1.29, 1.82) is 0 Å². The van der Waals surface area contributed by atoms with E-state index in [1.807, 2.05) is 18.2 Å². The van der Waals surface area contributed by atoms with Gasteiger partial charge in [-0.1, -0.05) is 6.07 Å². The number of methoxy groups -OCH3 is 2. The minimum atomic E-state index is -0.168. The second-order valence-electron chi connectivity index (χ2n) is 4.84. The average molecular weight is 341 g/mol. The Morgan fingerprint density at radius 2 is 1.96 bits per heavy atom. The van der Waals surface area contributed by atoms with Crippen molar-refractivity contribution in [2.45, 2.75) is 0 Å². The predicted octanol–water partition coefficient (Wildman–Crippen LogP) is 3.63. The zero-order valence-corrected chi connectivity index (χ0v) is 14.0. The monoisotopic (exact) mass is 341 g/mol. The van der Waals surface area contributed by atoms with Crippen molar-refractivity contribution < 1.29 is 14.3 Å². The van der Waals surface area contributed by atoms with Gasteiger partial charge in [0.25, 0.3) is 5.24 Å². The summed E-state index contributed by atoms with van der Waals surface area (Å²) < 4.78 is 10.5. The van der Waals surface area contributed by atoms with E-state index in [-0.39, 0.29) is 5.24 Å². The molecule has 0 saturated carbocycles. The number of nitrogens with zero attached hydrogens (tertiary/aromatic N) is 2. The van der Waals surface area contributed by atoms with Gasteiger partial charge in [0.15, 0.2) is 0 Å². The first-order valence-electron chi connectivity index (χ1n) is 7.10. The van der Waals surface area contributed by atoms with Crippen LogP contribution in [0, 0.1) is 0 Å². The standard InChI is InChI=1S/C17H15N3O3S/c1-22-13-7-12(8-14(9-13)23-2)19-16-15(24-17(21)20-16)6-11-4-3-5-18-10-11/h3-10H,1-2H3,(H,19,20,21)/b15-6-. The summed E-state index contributed by atoms with van der Waals surface area (Å²) in [5.41, 5.74) is 1.52. The lowest BCUT2D eigenvalue weighted by Crippen LogP contribution is -2.18. The van der Waals surface area contributed by atoms with Crippen molar-refractivity contribution in [3.05, 3.63) is 53.2 Å². The number of nitrogens with one attached hydrogen (secondary N) is 1. The normalized spacial score (nSPS) is 17.2. The molecule has 3 rings (SSSR count). The van der Waals surface area contributed by atoms with E-state index in [0.29, 0.717) is 23.0 Å². The maximum Gasteiger partial charge on any atom is 0.289 e. The van der Waals surface area contributed by atoms with Crippen molar-refractivity contribution in [1.82, 2.24) is 10.3 Å². The Morgan fingerprint density at radius 3 is 2.58 bits per heavy atom. The Kier molecular flexibility index (Phi) is 4.81. The molecule has 1 aliphatic heterocycles. The van der Waals surface area contributed by atoms with E-state index in [1.54, 1.807) is 44.8 Å². The van der Waals surface area contributed by atoms with Gasteiger partial charge in [-0.05, 0) is 29.5 Å². The molecule has 2 aromatic rings. The van der Waals surface area contributed by atoms with E-state index in [2.05, 4.69) is 15.3 Å². The summed E-state index contributed by atoms with van der Waals surface area (Å²) in [5, 5.41) is 2.58. The van der Waals surface area contributed by atoms with E-state index < -0.39 is 0 Å². The molecule has 1 fully saturated rings. The van der Waals surface area contributed by atoms with Crippen LogP contribution in [0.1, 0.15) is 5.56 Å². The lowest BCUT2D eigenvalue weighted by molar-refractivity contribution is 0.265. The lowest BCUT2D eigenvalue weighted by Gasteiger charge is -2.06. The summed E-state index contributed by atoms with van der Waals surface area (Å²) in [4.78, 5) is 21.1. The highest BCUT2D eigenvalue weighted by molar-refractivity contribution is 8.18. The Morgan fingerprint density at radius 1 is 1.21 bits per heavy atom. The summed E-state index contributed by atoms with van der Waals surface area (Å²) in [7, 11) is 3.15. The molecule has 0 unspecified atom stereocenters. The highest BCUT2D eigenvalue weighted by atomic mass is 32.2. The zero-order valence-electron chi connectivity index (χ0n) is 13.1. The number of ether oxygens (including phenoxy) is 2. The fourth-order valence-electron chi connectivity index (χ4n) is 2.11. The summed E-state index contributed by atoms with van der Waals surface area (Å²) in [6.07, 6.45) is 5.29. The number of amidine groups is 1. The number of amides is 1. The summed E-state index contributed by atoms with van der Waals surface area (Å²) in [6, 6.07) is 9.05. The number of aromatic nitrogens is 1. The van der Waals surface area contributed by atoms with Crippen LogP contribution in [0.5, 0.6) is 11.5 Å². The van der Waals surface area contributed by atoms with Crippen molar-refractivity contribution in [2.75, 3.05) is 14.2 Å². The Hall–Kier alpha value is -2.80. The van der Waals surface area contributed by atoms with Crippen LogP contribution < -0.4 is 14.8 Å². The summed E-state index contributed by atoms with van der Waals surface area (Å²) in [5.74, 6) is 1.75. The Balaban J connectivity index is 1.98. The number of rotatable bonds is 4.